The van der Waals surface area contributed by atoms with Gasteiger partial charge in [0.15, 0.2) is 0 Å². The standard InChI is InChI=1S/C15H19Cl2N3/c1-9(2)7-20-8-11(4)18-15(20)19-14-12(16)6-5-10(3)13(14)17/h5-6,8-9H,7H2,1-4H3,(H,18,19). The molecule has 0 atom stereocenters. The van der Waals surface area contributed by atoms with Crippen LogP contribution in [-0.2, 0) is 6.54 Å². The quantitative estimate of drug-likeness (QED) is 0.840. The molecular weight excluding hydrogens is 293 g/mol. The lowest BCUT2D eigenvalue weighted by Gasteiger charge is -2.14. The van der Waals surface area contributed by atoms with Gasteiger partial charge in [-0.2, -0.15) is 0 Å². The second kappa shape index (κ2) is 6.06. The number of benzene rings is 1. The van der Waals surface area contributed by atoms with Crippen molar-refractivity contribution in [3.05, 3.63) is 39.6 Å². The minimum absolute atomic E-state index is 0.535. The van der Waals surface area contributed by atoms with Crippen molar-refractivity contribution in [2.75, 3.05) is 5.32 Å². The summed E-state index contributed by atoms with van der Waals surface area (Å²) in [5.74, 6) is 1.30. The monoisotopic (exact) mass is 311 g/mol. The minimum Gasteiger partial charge on any atom is -0.323 e. The fraction of sp³-hybridized carbons (Fsp3) is 0.400. The Kier molecular flexibility index (Phi) is 4.61. The molecule has 2 aromatic rings. The van der Waals surface area contributed by atoms with Crippen molar-refractivity contribution in [3.63, 3.8) is 0 Å². The zero-order valence-corrected chi connectivity index (χ0v) is 13.7. The summed E-state index contributed by atoms with van der Waals surface area (Å²) in [7, 11) is 0. The third-order valence-corrected chi connectivity index (χ3v) is 3.78. The molecule has 20 heavy (non-hydrogen) atoms. The van der Waals surface area contributed by atoms with E-state index >= 15 is 0 Å². The zero-order chi connectivity index (χ0) is 14.9. The summed E-state index contributed by atoms with van der Waals surface area (Å²) in [6, 6.07) is 3.75. The van der Waals surface area contributed by atoms with E-state index in [0.29, 0.717) is 21.7 Å². The Morgan fingerprint density at radius 3 is 2.60 bits per heavy atom. The average molecular weight is 312 g/mol. The van der Waals surface area contributed by atoms with Gasteiger partial charge in [0.1, 0.15) is 0 Å². The van der Waals surface area contributed by atoms with E-state index in [-0.39, 0.29) is 0 Å². The predicted molar refractivity (Wildman–Crippen MR) is 86.3 cm³/mol. The van der Waals surface area contributed by atoms with E-state index in [1.165, 1.54) is 0 Å². The van der Waals surface area contributed by atoms with Crippen LogP contribution in [0, 0.1) is 19.8 Å². The fourth-order valence-electron chi connectivity index (χ4n) is 2.06. The second-order valence-corrected chi connectivity index (χ2v) is 6.22. The number of aromatic nitrogens is 2. The molecule has 1 N–H and O–H groups in total. The summed E-state index contributed by atoms with van der Waals surface area (Å²) in [4.78, 5) is 4.51. The molecule has 2 rings (SSSR count). The van der Waals surface area contributed by atoms with Crippen LogP contribution < -0.4 is 5.32 Å². The number of anilines is 2. The number of hydrogen-bond donors (Lipinski definition) is 1. The Morgan fingerprint density at radius 2 is 1.95 bits per heavy atom. The highest BCUT2D eigenvalue weighted by Crippen LogP contribution is 2.35. The molecular formula is C15H19Cl2N3. The van der Waals surface area contributed by atoms with Crippen molar-refractivity contribution in [2.24, 2.45) is 5.92 Å². The highest BCUT2D eigenvalue weighted by molar-refractivity contribution is 6.39. The Bertz CT molecular complexity index is 618. The van der Waals surface area contributed by atoms with Crippen LogP contribution >= 0.6 is 23.2 Å². The van der Waals surface area contributed by atoms with Crippen molar-refractivity contribution >= 4 is 34.8 Å². The summed E-state index contributed by atoms with van der Waals surface area (Å²) >= 11 is 12.6. The third-order valence-electron chi connectivity index (χ3n) is 2.98. The zero-order valence-electron chi connectivity index (χ0n) is 12.2. The van der Waals surface area contributed by atoms with Crippen molar-refractivity contribution in [1.29, 1.82) is 0 Å². The Labute approximate surface area is 129 Å². The molecule has 0 unspecified atom stereocenters. The number of nitrogens with one attached hydrogen (secondary N) is 1. The topological polar surface area (TPSA) is 29.9 Å². The number of nitrogens with zero attached hydrogens (tertiary/aromatic N) is 2. The minimum atomic E-state index is 0.535. The lowest BCUT2D eigenvalue weighted by Crippen LogP contribution is -2.08. The van der Waals surface area contributed by atoms with Gasteiger partial charge >= 0.3 is 0 Å². The maximum Gasteiger partial charge on any atom is 0.207 e. The first-order valence-electron chi connectivity index (χ1n) is 6.64. The molecule has 3 nitrogen and oxygen atoms in total. The highest BCUT2D eigenvalue weighted by Gasteiger charge is 2.13. The first kappa shape index (κ1) is 15.2. The van der Waals surface area contributed by atoms with Gasteiger partial charge in [-0.05, 0) is 31.4 Å². The van der Waals surface area contributed by atoms with Gasteiger partial charge in [0, 0.05) is 12.7 Å². The molecule has 0 bridgehead atoms. The summed E-state index contributed by atoms with van der Waals surface area (Å²) < 4.78 is 2.09. The van der Waals surface area contributed by atoms with Gasteiger partial charge in [-0.1, -0.05) is 43.1 Å². The largest absolute Gasteiger partial charge is 0.323 e. The smallest absolute Gasteiger partial charge is 0.207 e. The van der Waals surface area contributed by atoms with Gasteiger partial charge < -0.3 is 9.88 Å². The van der Waals surface area contributed by atoms with Crippen molar-refractivity contribution in [1.82, 2.24) is 9.55 Å². The summed E-state index contributed by atoms with van der Waals surface area (Å²) in [6.07, 6.45) is 2.03. The molecule has 0 amide bonds. The lowest BCUT2D eigenvalue weighted by molar-refractivity contribution is 0.527. The maximum absolute atomic E-state index is 6.33. The number of imidazole rings is 1. The van der Waals surface area contributed by atoms with Gasteiger partial charge in [0.25, 0.3) is 0 Å². The van der Waals surface area contributed by atoms with E-state index in [2.05, 4.69) is 28.7 Å². The molecule has 0 saturated carbocycles. The SMILES string of the molecule is Cc1cn(CC(C)C)c(Nc2c(Cl)ccc(C)c2Cl)n1. The lowest BCUT2D eigenvalue weighted by atomic mass is 10.2. The number of hydrogen-bond acceptors (Lipinski definition) is 2. The Hall–Kier alpha value is -1.19. The Balaban J connectivity index is 2.37. The molecule has 0 aliphatic rings. The molecule has 0 spiro atoms. The van der Waals surface area contributed by atoms with Crippen LogP contribution in [-0.4, -0.2) is 9.55 Å². The molecule has 0 fully saturated rings. The number of aryl methyl sites for hydroxylation is 2. The van der Waals surface area contributed by atoms with Crippen LogP contribution in [0.4, 0.5) is 11.6 Å². The van der Waals surface area contributed by atoms with Gasteiger partial charge in [-0.3, -0.25) is 0 Å². The molecule has 0 aliphatic carbocycles. The highest BCUT2D eigenvalue weighted by atomic mass is 35.5. The van der Waals surface area contributed by atoms with E-state index in [1.807, 2.05) is 32.2 Å². The fourth-order valence-corrected chi connectivity index (χ4v) is 2.53. The van der Waals surface area contributed by atoms with Crippen LogP contribution in [0.1, 0.15) is 25.1 Å². The van der Waals surface area contributed by atoms with Crippen LogP contribution in [0.15, 0.2) is 18.3 Å². The first-order valence-corrected chi connectivity index (χ1v) is 7.39. The Morgan fingerprint density at radius 1 is 1.25 bits per heavy atom. The molecule has 1 aromatic heterocycles. The molecule has 1 aromatic carbocycles. The normalized spacial score (nSPS) is 11.2. The van der Waals surface area contributed by atoms with E-state index in [0.717, 1.165) is 23.8 Å². The maximum atomic E-state index is 6.33. The van der Waals surface area contributed by atoms with Gasteiger partial charge in [0.2, 0.25) is 5.95 Å². The van der Waals surface area contributed by atoms with Crippen LogP contribution in [0.25, 0.3) is 0 Å². The van der Waals surface area contributed by atoms with Crippen molar-refractivity contribution in [2.45, 2.75) is 34.2 Å². The van der Waals surface area contributed by atoms with E-state index in [4.69, 9.17) is 23.2 Å². The summed E-state index contributed by atoms with van der Waals surface area (Å²) in [5, 5.41) is 4.49. The number of halogens is 2. The predicted octanol–water partition coefficient (Wildman–Crippen LogP) is 5.21. The van der Waals surface area contributed by atoms with Crippen LogP contribution in [0.5, 0.6) is 0 Å². The second-order valence-electron chi connectivity index (χ2n) is 5.43. The third kappa shape index (κ3) is 3.28. The van der Waals surface area contributed by atoms with Gasteiger partial charge in [0.05, 0.1) is 21.4 Å². The molecule has 1 heterocycles. The molecule has 5 heteroatoms. The van der Waals surface area contributed by atoms with Gasteiger partial charge in [-0.25, -0.2) is 4.98 Å². The van der Waals surface area contributed by atoms with Crippen LogP contribution in [0.3, 0.4) is 0 Å². The van der Waals surface area contributed by atoms with Gasteiger partial charge in [-0.15, -0.1) is 0 Å². The van der Waals surface area contributed by atoms with Crippen molar-refractivity contribution in [3.8, 4) is 0 Å². The van der Waals surface area contributed by atoms with E-state index in [1.54, 1.807) is 0 Å². The average Bonchev–Trinajstić information content (AvgIpc) is 2.69. The summed E-state index contributed by atoms with van der Waals surface area (Å²) in [5.41, 5.74) is 2.66. The first-order chi connectivity index (χ1) is 9.38. The summed E-state index contributed by atoms with van der Waals surface area (Å²) in [6.45, 7) is 9.17. The van der Waals surface area contributed by atoms with E-state index < -0.39 is 0 Å². The number of rotatable bonds is 4. The molecule has 0 radical (unpaired) electrons. The van der Waals surface area contributed by atoms with E-state index in [9.17, 15) is 0 Å². The molecule has 0 aliphatic heterocycles. The van der Waals surface area contributed by atoms with Crippen molar-refractivity contribution < 1.29 is 0 Å². The van der Waals surface area contributed by atoms with Crippen LogP contribution in [0.2, 0.25) is 10.0 Å². The molecule has 0 saturated heterocycles. The molecule has 108 valence electrons.